The van der Waals surface area contributed by atoms with Crippen LogP contribution in [0.2, 0.25) is 0 Å². The minimum atomic E-state index is -0.427. The summed E-state index contributed by atoms with van der Waals surface area (Å²) in [6.07, 6.45) is 5.09. The highest BCUT2D eigenvalue weighted by Crippen LogP contribution is 2.49. The quantitative estimate of drug-likeness (QED) is 0.705. The van der Waals surface area contributed by atoms with Crippen molar-refractivity contribution < 1.29 is 9.59 Å². The number of rotatable bonds is 6. The number of hydrogen-bond donors (Lipinski definition) is 2. The average molecular weight is 415 g/mol. The molecule has 4 rings (SSSR count). The summed E-state index contributed by atoms with van der Waals surface area (Å²) in [4.78, 5) is 24.4. The van der Waals surface area contributed by atoms with E-state index >= 15 is 0 Å². The zero-order chi connectivity index (χ0) is 20.4. The second-order valence-corrected chi connectivity index (χ2v) is 9.09. The molecule has 2 saturated carbocycles. The van der Waals surface area contributed by atoms with Crippen LogP contribution in [0.15, 0.2) is 29.4 Å². The molecule has 9 heteroatoms. The van der Waals surface area contributed by atoms with E-state index in [0.717, 1.165) is 23.1 Å². The van der Waals surface area contributed by atoms with Crippen LogP contribution in [-0.4, -0.2) is 43.9 Å². The molecule has 154 valence electrons. The molecular weight excluding hydrogens is 388 g/mol. The Morgan fingerprint density at radius 2 is 2.03 bits per heavy atom. The first-order chi connectivity index (χ1) is 14.0. The van der Waals surface area contributed by atoms with Gasteiger partial charge < -0.3 is 5.32 Å². The Bertz CT molecular complexity index is 883. The molecule has 4 unspecified atom stereocenters. The molecule has 2 aliphatic rings. The van der Waals surface area contributed by atoms with E-state index in [1.807, 2.05) is 38.1 Å². The van der Waals surface area contributed by atoms with Crippen LogP contribution in [0.1, 0.15) is 38.2 Å². The predicted molar refractivity (Wildman–Crippen MR) is 110 cm³/mol. The lowest BCUT2D eigenvalue weighted by Gasteiger charge is -2.28. The molecule has 1 heterocycles. The van der Waals surface area contributed by atoms with Crippen molar-refractivity contribution in [1.82, 2.24) is 30.8 Å². The fourth-order valence-electron chi connectivity index (χ4n) is 4.67. The van der Waals surface area contributed by atoms with Gasteiger partial charge in [-0.1, -0.05) is 35.9 Å². The van der Waals surface area contributed by atoms with Crippen molar-refractivity contribution >= 4 is 23.7 Å². The maximum absolute atomic E-state index is 12.2. The van der Waals surface area contributed by atoms with E-state index in [2.05, 4.69) is 26.2 Å². The van der Waals surface area contributed by atoms with E-state index in [4.69, 9.17) is 0 Å². The van der Waals surface area contributed by atoms with Gasteiger partial charge in [-0.3, -0.25) is 10.1 Å². The SMILES string of the molecule is Cc1ccc(-n2nnnc2SCC(=O)NC(=O)NC(C)C2CC3CCC2C3)cc1. The van der Waals surface area contributed by atoms with Gasteiger partial charge in [0.2, 0.25) is 11.1 Å². The number of benzene rings is 1. The number of amides is 3. The van der Waals surface area contributed by atoms with Gasteiger partial charge in [-0.25, -0.2) is 4.79 Å². The van der Waals surface area contributed by atoms with E-state index in [-0.39, 0.29) is 17.7 Å². The normalized spacial score (nSPS) is 23.7. The third kappa shape index (κ3) is 4.60. The fourth-order valence-corrected chi connectivity index (χ4v) is 5.36. The van der Waals surface area contributed by atoms with Gasteiger partial charge in [-0.05, 0) is 73.4 Å². The van der Waals surface area contributed by atoms with Crippen LogP contribution >= 0.6 is 11.8 Å². The number of imide groups is 1. The van der Waals surface area contributed by atoms with E-state index in [0.29, 0.717) is 11.1 Å². The van der Waals surface area contributed by atoms with Crippen LogP contribution in [0.5, 0.6) is 0 Å². The summed E-state index contributed by atoms with van der Waals surface area (Å²) in [5.41, 5.74) is 1.96. The molecule has 0 aliphatic heterocycles. The summed E-state index contributed by atoms with van der Waals surface area (Å²) in [6.45, 7) is 4.05. The fraction of sp³-hybridized carbons (Fsp3) is 0.550. The number of carbonyl (C=O) groups is 2. The number of fused-ring (bicyclic) bond motifs is 2. The van der Waals surface area contributed by atoms with Crippen LogP contribution in [0.4, 0.5) is 4.79 Å². The summed E-state index contributed by atoms with van der Waals surface area (Å²) in [5.74, 6) is 1.77. The highest BCUT2D eigenvalue weighted by Gasteiger charge is 2.42. The summed E-state index contributed by atoms with van der Waals surface area (Å²) in [6, 6.07) is 7.43. The Labute approximate surface area is 174 Å². The first kappa shape index (κ1) is 19.9. The Kier molecular flexibility index (Phi) is 5.84. The molecule has 3 amide bonds. The molecular formula is C20H26N6O2S. The van der Waals surface area contributed by atoms with Gasteiger partial charge in [0, 0.05) is 6.04 Å². The molecule has 1 aromatic heterocycles. The van der Waals surface area contributed by atoms with Gasteiger partial charge in [0.15, 0.2) is 0 Å². The number of aromatic nitrogens is 4. The first-order valence-corrected chi connectivity index (χ1v) is 11.1. The number of nitrogens with one attached hydrogen (secondary N) is 2. The Morgan fingerprint density at radius 3 is 2.72 bits per heavy atom. The van der Waals surface area contributed by atoms with Crippen LogP contribution < -0.4 is 10.6 Å². The largest absolute Gasteiger partial charge is 0.335 e. The monoisotopic (exact) mass is 414 g/mol. The van der Waals surface area contributed by atoms with Crippen molar-refractivity contribution in [3.63, 3.8) is 0 Å². The highest BCUT2D eigenvalue weighted by molar-refractivity contribution is 7.99. The van der Waals surface area contributed by atoms with Crippen molar-refractivity contribution in [2.75, 3.05) is 5.75 Å². The number of nitrogens with zero attached hydrogens (tertiary/aromatic N) is 4. The molecule has 29 heavy (non-hydrogen) atoms. The van der Waals surface area contributed by atoms with Crippen molar-refractivity contribution in [3.05, 3.63) is 29.8 Å². The predicted octanol–water partition coefficient (Wildman–Crippen LogP) is 2.71. The van der Waals surface area contributed by atoms with Crippen molar-refractivity contribution in [2.24, 2.45) is 17.8 Å². The van der Waals surface area contributed by atoms with Crippen LogP contribution in [-0.2, 0) is 4.79 Å². The number of tetrazole rings is 1. The lowest BCUT2D eigenvalue weighted by Crippen LogP contribution is -2.47. The minimum Gasteiger partial charge on any atom is -0.335 e. The molecule has 2 aliphatic carbocycles. The summed E-state index contributed by atoms with van der Waals surface area (Å²) < 4.78 is 1.58. The van der Waals surface area contributed by atoms with Crippen molar-refractivity contribution in [3.8, 4) is 5.69 Å². The maximum atomic E-state index is 12.2. The van der Waals surface area contributed by atoms with Crippen LogP contribution in [0.3, 0.4) is 0 Å². The molecule has 0 saturated heterocycles. The second kappa shape index (κ2) is 8.52. The molecule has 2 bridgehead atoms. The number of aryl methyl sites for hydroxylation is 1. The van der Waals surface area contributed by atoms with E-state index < -0.39 is 6.03 Å². The van der Waals surface area contributed by atoms with E-state index in [1.54, 1.807) is 4.68 Å². The maximum Gasteiger partial charge on any atom is 0.321 e. The Balaban J connectivity index is 1.26. The summed E-state index contributed by atoms with van der Waals surface area (Å²) in [5, 5.41) is 17.5. The molecule has 8 nitrogen and oxygen atoms in total. The van der Waals surface area contributed by atoms with Gasteiger partial charge in [0.05, 0.1) is 11.4 Å². The van der Waals surface area contributed by atoms with Crippen LogP contribution in [0, 0.1) is 24.7 Å². The number of hydrogen-bond acceptors (Lipinski definition) is 6. The summed E-state index contributed by atoms with van der Waals surface area (Å²) in [7, 11) is 0. The van der Waals surface area contributed by atoms with Crippen LogP contribution in [0.25, 0.3) is 5.69 Å². The third-order valence-electron chi connectivity index (χ3n) is 6.10. The second-order valence-electron chi connectivity index (χ2n) is 8.15. The van der Waals surface area contributed by atoms with Gasteiger partial charge in [0.25, 0.3) is 0 Å². The van der Waals surface area contributed by atoms with Gasteiger partial charge in [0.1, 0.15) is 0 Å². The standard InChI is InChI=1S/C20H26N6O2S/c1-12-3-7-16(8-4-12)26-20(23-24-25-26)29-11-18(27)22-19(28)21-13(2)17-10-14-5-6-15(17)9-14/h3-4,7-8,13-15,17H,5-6,9-11H2,1-2H3,(H2,21,22,27,28). The zero-order valence-corrected chi connectivity index (χ0v) is 17.5. The summed E-state index contributed by atoms with van der Waals surface area (Å²) >= 11 is 1.19. The lowest BCUT2D eigenvalue weighted by molar-refractivity contribution is -0.117. The smallest absolute Gasteiger partial charge is 0.321 e. The average Bonchev–Trinajstić information content (AvgIpc) is 3.43. The Morgan fingerprint density at radius 1 is 1.24 bits per heavy atom. The van der Waals surface area contributed by atoms with Gasteiger partial charge in [-0.15, -0.1) is 5.10 Å². The lowest BCUT2D eigenvalue weighted by atomic mass is 9.84. The molecule has 1 aromatic carbocycles. The zero-order valence-electron chi connectivity index (χ0n) is 16.7. The molecule has 4 atom stereocenters. The van der Waals surface area contributed by atoms with Crippen molar-refractivity contribution in [2.45, 2.75) is 50.7 Å². The molecule has 0 spiro atoms. The van der Waals surface area contributed by atoms with E-state index in [9.17, 15) is 9.59 Å². The number of urea groups is 1. The first-order valence-electron chi connectivity index (χ1n) is 10.1. The van der Waals surface area contributed by atoms with E-state index in [1.165, 1.54) is 37.4 Å². The Hall–Kier alpha value is -2.42. The molecule has 2 fully saturated rings. The molecule has 2 N–H and O–H groups in total. The number of carbonyl (C=O) groups excluding carboxylic acids is 2. The molecule has 2 aromatic rings. The van der Waals surface area contributed by atoms with Gasteiger partial charge >= 0.3 is 6.03 Å². The number of thioether (sulfide) groups is 1. The highest BCUT2D eigenvalue weighted by atomic mass is 32.2. The minimum absolute atomic E-state index is 0.0577. The third-order valence-corrected chi connectivity index (χ3v) is 7.02. The van der Waals surface area contributed by atoms with Crippen molar-refractivity contribution in [1.29, 1.82) is 0 Å². The van der Waals surface area contributed by atoms with Gasteiger partial charge in [-0.2, -0.15) is 4.68 Å². The molecule has 0 radical (unpaired) electrons. The topological polar surface area (TPSA) is 102 Å².